The van der Waals surface area contributed by atoms with Gasteiger partial charge >= 0.3 is 0 Å². The standard InChI is InChI=1S/C9H7BrFN/c10-7-3-4-8(11)6-2-1-5-12-9(6)7/h1-4,12H,5H2. The number of fused-ring (bicyclic) bond motifs is 1. The van der Waals surface area contributed by atoms with Crippen molar-refractivity contribution in [3.63, 3.8) is 0 Å². The van der Waals surface area contributed by atoms with Crippen LogP contribution in [-0.4, -0.2) is 6.54 Å². The van der Waals surface area contributed by atoms with Crippen LogP contribution in [0.1, 0.15) is 5.56 Å². The van der Waals surface area contributed by atoms with Crippen molar-refractivity contribution >= 4 is 27.7 Å². The van der Waals surface area contributed by atoms with Gasteiger partial charge in [-0.2, -0.15) is 0 Å². The second kappa shape index (κ2) is 2.90. The van der Waals surface area contributed by atoms with Crippen molar-refractivity contribution in [1.29, 1.82) is 0 Å². The molecule has 1 aromatic rings. The van der Waals surface area contributed by atoms with Crippen molar-refractivity contribution in [1.82, 2.24) is 0 Å². The van der Waals surface area contributed by atoms with Crippen molar-refractivity contribution in [2.45, 2.75) is 0 Å². The van der Waals surface area contributed by atoms with E-state index in [9.17, 15) is 4.39 Å². The van der Waals surface area contributed by atoms with Crippen LogP contribution < -0.4 is 5.32 Å². The Morgan fingerprint density at radius 1 is 1.42 bits per heavy atom. The van der Waals surface area contributed by atoms with Crippen LogP contribution in [0.5, 0.6) is 0 Å². The molecule has 0 fully saturated rings. The molecule has 1 heterocycles. The molecule has 0 bridgehead atoms. The first kappa shape index (κ1) is 7.80. The molecule has 0 atom stereocenters. The Morgan fingerprint density at radius 2 is 2.25 bits per heavy atom. The van der Waals surface area contributed by atoms with Gasteiger partial charge in [0.25, 0.3) is 0 Å². The zero-order valence-corrected chi connectivity index (χ0v) is 7.86. The summed E-state index contributed by atoms with van der Waals surface area (Å²) in [6.07, 6.45) is 3.70. The van der Waals surface area contributed by atoms with Crippen LogP contribution in [-0.2, 0) is 0 Å². The van der Waals surface area contributed by atoms with Crippen LogP contribution in [0.25, 0.3) is 6.08 Å². The van der Waals surface area contributed by atoms with E-state index in [1.807, 2.05) is 6.08 Å². The first-order chi connectivity index (χ1) is 5.79. The molecular weight excluding hydrogens is 221 g/mol. The minimum absolute atomic E-state index is 0.184. The summed E-state index contributed by atoms with van der Waals surface area (Å²) in [6.45, 7) is 0.759. The molecule has 1 aliphatic rings. The number of hydrogen-bond donors (Lipinski definition) is 1. The van der Waals surface area contributed by atoms with E-state index in [0.29, 0.717) is 5.56 Å². The molecular formula is C9H7BrFN. The molecule has 0 amide bonds. The highest BCUT2D eigenvalue weighted by Gasteiger charge is 2.11. The van der Waals surface area contributed by atoms with E-state index in [0.717, 1.165) is 16.7 Å². The fourth-order valence-corrected chi connectivity index (χ4v) is 1.73. The van der Waals surface area contributed by atoms with Gasteiger partial charge in [0, 0.05) is 16.6 Å². The Labute approximate surface area is 78.4 Å². The summed E-state index contributed by atoms with van der Waals surface area (Å²) < 4.78 is 14.0. The van der Waals surface area contributed by atoms with Gasteiger partial charge in [0.05, 0.1) is 5.69 Å². The average Bonchev–Trinajstić information content (AvgIpc) is 2.12. The SMILES string of the molecule is Fc1ccc(Br)c2c1C=CCN2. The summed E-state index contributed by atoms with van der Waals surface area (Å²) >= 11 is 3.35. The summed E-state index contributed by atoms with van der Waals surface area (Å²) in [6, 6.07) is 3.17. The van der Waals surface area contributed by atoms with Gasteiger partial charge in [-0.1, -0.05) is 12.2 Å². The summed E-state index contributed by atoms with van der Waals surface area (Å²) in [5, 5.41) is 3.10. The lowest BCUT2D eigenvalue weighted by Gasteiger charge is -2.14. The predicted octanol–water partition coefficient (Wildman–Crippen LogP) is 3.03. The van der Waals surface area contributed by atoms with Crippen LogP contribution >= 0.6 is 15.9 Å². The largest absolute Gasteiger partial charge is 0.380 e. The average molecular weight is 228 g/mol. The van der Waals surface area contributed by atoms with Gasteiger partial charge in [0.2, 0.25) is 0 Å². The van der Waals surface area contributed by atoms with E-state index < -0.39 is 0 Å². The van der Waals surface area contributed by atoms with E-state index in [1.54, 1.807) is 12.1 Å². The number of rotatable bonds is 0. The van der Waals surface area contributed by atoms with Crippen molar-refractivity contribution < 1.29 is 4.39 Å². The Morgan fingerprint density at radius 3 is 3.00 bits per heavy atom. The molecule has 62 valence electrons. The van der Waals surface area contributed by atoms with Crippen LogP contribution in [0.4, 0.5) is 10.1 Å². The molecule has 0 aromatic heterocycles. The predicted molar refractivity (Wildman–Crippen MR) is 51.6 cm³/mol. The highest BCUT2D eigenvalue weighted by molar-refractivity contribution is 9.10. The third kappa shape index (κ3) is 1.14. The molecule has 1 aromatic carbocycles. The normalized spacial score (nSPS) is 13.8. The second-order valence-electron chi connectivity index (χ2n) is 2.60. The van der Waals surface area contributed by atoms with Crippen molar-refractivity contribution in [3.8, 4) is 0 Å². The lowest BCUT2D eigenvalue weighted by Crippen LogP contribution is -2.06. The van der Waals surface area contributed by atoms with E-state index in [4.69, 9.17) is 0 Å². The van der Waals surface area contributed by atoms with Gasteiger partial charge in [0.15, 0.2) is 0 Å². The van der Waals surface area contributed by atoms with Gasteiger partial charge in [-0.15, -0.1) is 0 Å². The van der Waals surface area contributed by atoms with Crippen LogP contribution in [0.2, 0.25) is 0 Å². The Balaban J connectivity index is 2.67. The van der Waals surface area contributed by atoms with E-state index in [1.165, 1.54) is 6.07 Å². The molecule has 0 saturated carbocycles. The van der Waals surface area contributed by atoms with Gasteiger partial charge in [-0.05, 0) is 28.1 Å². The maximum atomic E-state index is 13.1. The molecule has 2 rings (SSSR count). The molecule has 1 N–H and O–H groups in total. The third-order valence-electron chi connectivity index (χ3n) is 1.82. The molecule has 0 unspecified atom stereocenters. The minimum atomic E-state index is -0.184. The summed E-state index contributed by atoms with van der Waals surface area (Å²) in [7, 11) is 0. The van der Waals surface area contributed by atoms with Gasteiger partial charge < -0.3 is 5.32 Å². The molecule has 0 spiro atoms. The zero-order valence-electron chi connectivity index (χ0n) is 6.27. The molecule has 0 saturated heterocycles. The first-order valence-electron chi connectivity index (χ1n) is 3.67. The van der Waals surface area contributed by atoms with Crippen LogP contribution in [0.3, 0.4) is 0 Å². The van der Waals surface area contributed by atoms with Crippen molar-refractivity contribution in [2.24, 2.45) is 0 Å². The third-order valence-corrected chi connectivity index (χ3v) is 2.48. The van der Waals surface area contributed by atoms with E-state index in [2.05, 4.69) is 21.2 Å². The topological polar surface area (TPSA) is 12.0 Å². The number of hydrogen-bond acceptors (Lipinski definition) is 1. The summed E-state index contributed by atoms with van der Waals surface area (Å²) in [5.74, 6) is -0.184. The Bertz CT molecular complexity index is 347. The second-order valence-corrected chi connectivity index (χ2v) is 3.46. The van der Waals surface area contributed by atoms with Crippen LogP contribution in [0.15, 0.2) is 22.7 Å². The van der Waals surface area contributed by atoms with Gasteiger partial charge in [-0.25, -0.2) is 4.39 Å². The molecule has 1 aliphatic heterocycles. The minimum Gasteiger partial charge on any atom is -0.380 e. The quantitative estimate of drug-likeness (QED) is 0.719. The van der Waals surface area contributed by atoms with Crippen molar-refractivity contribution in [2.75, 3.05) is 11.9 Å². The van der Waals surface area contributed by atoms with Crippen LogP contribution in [0, 0.1) is 5.82 Å². The highest BCUT2D eigenvalue weighted by Crippen LogP contribution is 2.31. The Hall–Kier alpha value is -0.830. The summed E-state index contributed by atoms with van der Waals surface area (Å²) in [5.41, 5.74) is 1.48. The number of halogens is 2. The van der Waals surface area contributed by atoms with E-state index in [-0.39, 0.29) is 5.82 Å². The number of benzene rings is 1. The lowest BCUT2D eigenvalue weighted by molar-refractivity contribution is 0.625. The molecule has 3 heteroatoms. The van der Waals surface area contributed by atoms with Crippen molar-refractivity contribution in [3.05, 3.63) is 34.1 Å². The highest BCUT2D eigenvalue weighted by atomic mass is 79.9. The van der Waals surface area contributed by atoms with Gasteiger partial charge in [0.1, 0.15) is 5.82 Å². The van der Waals surface area contributed by atoms with Gasteiger partial charge in [-0.3, -0.25) is 0 Å². The molecule has 0 aliphatic carbocycles. The fourth-order valence-electron chi connectivity index (χ4n) is 1.25. The maximum Gasteiger partial charge on any atom is 0.132 e. The Kier molecular flexibility index (Phi) is 1.89. The maximum absolute atomic E-state index is 13.1. The smallest absolute Gasteiger partial charge is 0.132 e. The molecule has 1 nitrogen and oxygen atoms in total. The summed E-state index contributed by atoms with van der Waals surface area (Å²) in [4.78, 5) is 0. The lowest BCUT2D eigenvalue weighted by atomic mass is 10.1. The monoisotopic (exact) mass is 227 g/mol. The van der Waals surface area contributed by atoms with E-state index >= 15 is 0 Å². The first-order valence-corrected chi connectivity index (χ1v) is 4.47. The number of anilines is 1. The molecule has 12 heavy (non-hydrogen) atoms. The fraction of sp³-hybridized carbons (Fsp3) is 0.111. The zero-order chi connectivity index (χ0) is 8.55. The number of nitrogens with one attached hydrogen (secondary N) is 1. The molecule has 0 radical (unpaired) electrons.